The molecule has 0 fully saturated rings. The van der Waals surface area contributed by atoms with Crippen molar-refractivity contribution in [1.82, 2.24) is 10.2 Å². The highest BCUT2D eigenvalue weighted by Crippen LogP contribution is 2.23. The zero-order chi connectivity index (χ0) is 16.2. The van der Waals surface area contributed by atoms with Gasteiger partial charge in [0.1, 0.15) is 0 Å². The smallest absolute Gasteiger partial charge is 0.200 e. The molecule has 21 heavy (non-hydrogen) atoms. The van der Waals surface area contributed by atoms with Gasteiger partial charge in [0.25, 0.3) is 0 Å². The van der Waals surface area contributed by atoms with E-state index in [0.717, 1.165) is 6.54 Å². The standard InChI is InChI=1S/C14H19F5N2/c1-8(2)6-20-4-5-21(3)7-9-10(15)12(17)14(19)13(18)11(9)16/h8,20H,4-7H2,1-3H3. The van der Waals surface area contributed by atoms with Gasteiger partial charge in [0.05, 0.1) is 0 Å². The van der Waals surface area contributed by atoms with Crippen molar-refractivity contribution in [2.75, 3.05) is 26.7 Å². The Balaban J connectivity index is 2.70. The number of benzene rings is 1. The molecular weight excluding hydrogens is 291 g/mol. The van der Waals surface area contributed by atoms with Gasteiger partial charge < -0.3 is 10.2 Å². The van der Waals surface area contributed by atoms with Crippen LogP contribution in [0.25, 0.3) is 0 Å². The first-order valence-electron chi connectivity index (χ1n) is 6.65. The van der Waals surface area contributed by atoms with Crippen molar-refractivity contribution in [2.24, 2.45) is 5.92 Å². The summed E-state index contributed by atoms with van der Waals surface area (Å²) in [6.07, 6.45) is 0. The molecule has 2 nitrogen and oxygen atoms in total. The summed E-state index contributed by atoms with van der Waals surface area (Å²) in [7, 11) is 1.55. The van der Waals surface area contributed by atoms with Gasteiger partial charge in [-0.05, 0) is 19.5 Å². The number of hydrogen-bond acceptors (Lipinski definition) is 2. The lowest BCUT2D eigenvalue weighted by atomic mass is 10.1. The second-order valence-corrected chi connectivity index (χ2v) is 5.38. The minimum absolute atomic E-state index is 0.352. The SMILES string of the molecule is CC(C)CNCCN(C)Cc1c(F)c(F)c(F)c(F)c1F. The number of rotatable bonds is 7. The highest BCUT2D eigenvalue weighted by Gasteiger charge is 2.25. The number of nitrogens with zero attached hydrogens (tertiary/aromatic N) is 1. The van der Waals surface area contributed by atoms with Gasteiger partial charge in [0, 0.05) is 25.2 Å². The Morgan fingerprint density at radius 3 is 1.86 bits per heavy atom. The van der Waals surface area contributed by atoms with Gasteiger partial charge in [0.2, 0.25) is 5.82 Å². The highest BCUT2D eigenvalue weighted by molar-refractivity contribution is 5.24. The maximum Gasteiger partial charge on any atom is 0.200 e. The first-order valence-corrected chi connectivity index (χ1v) is 6.65. The van der Waals surface area contributed by atoms with Crippen molar-refractivity contribution in [3.8, 4) is 0 Å². The summed E-state index contributed by atoms with van der Waals surface area (Å²) in [5.74, 6) is -9.02. The van der Waals surface area contributed by atoms with Crippen LogP contribution in [0.4, 0.5) is 22.0 Å². The molecule has 0 atom stereocenters. The van der Waals surface area contributed by atoms with Gasteiger partial charge in [-0.2, -0.15) is 0 Å². The molecule has 7 heteroatoms. The van der Waals surface area contributed by atoms with E-state index in [1.807, 2.05) is 13.8 Å². The number of nitrogens with one attached hydrogen (secondary N) is 1. The average molecular weight is 310 g/mol. The minimum atomic E-state index is -2.13. The van der Waals surface area contributed by atoms with E-state index in [9.17, 15) is 22.0 Å². The van der Waals surface area contributed by atoms with Gasteiger partial charge in [-0.3, -0.25) is 0 Å². The van der Waals surface area contributed by atoms with E-state index in [4.69, 9.17) is 0 Å². The van der Waals surface area contributed by atoms with Crippen LogP contribution in [0.2, 0.25) is 0 Å². The fraction of sp³-hybridized carbons (Fsp3) is 0.571. The summed E-state index contributed by atoms with van der Waals surface area (Å²) < 4.78 is 66.0. The third-order valence-corrected chi connectivity index (χ3v) is 2.95. The summed E-state index contributed by atoms with van der Waals surface area (Å²) in [5.41, 5.74) is -0.808. The van der Waals surface area contributed by atoms with Crippen LogP contribution in [0.5, 0.6) is 0 Å². The van der Waals surface area contributed by atoms with E-state index in [1.165, 1.54) is 4.90 Å². The average Bonchev–Trinajstić information content (AvgIpc) is 2.44. The Labute approximate surface area is 120 Å². The quantitative estimate of drug-likeness (QED) is 0.360. The molecule has 120 valence electrons. The Morgan fingerprint density at radius 2 is 1.38 bits per heavy atom. The molecule has 0 amide bonds. The molecule has 1 N–H and O–H groups in total. The van der Waals surface area contributed by atoms with Crippen molar-refractivity contribution in [3.05, 3.63) is 34.6 Å². The van der Waals surface area contributed by atoms with Crippen LogP contribution in [-0.4, -0.2) is 31.6 Å². The molecule has 0 spiro atoms. The monoisotopic (exact) mass is 310 g/mol. The van der Waals surface area contributed by atoms with Crippen molar-refractivity contribution < 1.29 is 22.0 Å². The second kappa shape index (κ2) is 7.70. The van der Waals surface area contributed by atoms with Crippen LogP contribution in [0.15, 0.2) is 0 Å². The fourth-order valence-electron chi connectivity index (χ4n) is 1.80. The van der Waals surface area contributed by atoms with E-state index in [1.54, 1.807) is 7.05 Å². The highest BCUT2D eigenvalue weighted by atomic mass is 19.2. The summed E-state index contributed by atoms with van der Waals surface area (Å²) >= 11 is 0. The maximum absolute atomic E-state index is 13.5. The second-order valence-electron chi connectivity index (χ2n) is 5.38. The normalized spacial score (nSPS) is 11.7. The number of halogens is 5. The minimum Gasteiger partial charge on any atom is -0.315 e. The van der Waals surface area contributed by atoms with E-state index in [2.05, 4.69) is 5.32 Å². The van der Waals surface area contributed by atoms with Gasteiger partial charge in [-0.15, -0.1) is 0 Å². The molecule has 0 aliphatic carbocycles. The van der Waals surface area contributed by atoms with Gasteiger partial charge in [0.15, 0.2) is 23.3 Å². The zero-order valence-corrected chi connectivity index (χ0v) is 12.2. The summed E-state index contributed by atoms with van der Waals surface area (Å²) in [6.45, 7) is 5.48. The lowest BCUT2D eigenvalue weighted by Gasteiger charge is -2.18. The lowest BCUT2D eigenvalue weighted by Crippen LogP contribution is -2.31. The summed E-state index contributed by atoms with van der Waals surface area (Å²) in [6, 6.07) is 0. The molecule has 0 heterocycles. The van der Waals surface area contributed by atoms with E-state index in [0.29, 0.717) is 19.0 Å². The molecule has 0 aliphatic heterocycles. The molecule has 0 saturated heterocycles. The van der Waals surface area contributed by atoms with Crippen LogP contribution in [-0.2, 0) is 6.54 Å². The molecule has 0 aliphatic rings. The van der Waals surface area contributed by atoms with Crippen molar-refractivity contribution >= 4 is 0 Å². The van der Waals surface area contributed by atoms with E-state index < -0.39 is 34.6 Å². The van der Waals surface area contributed by atoms with Crippen molar-refractivity contribution in [1.29, 1.82) is 0 Å². The van der Waals surface area contributed by atoms with Crippen molar-refractivity contribution in [3.63, 3.8) is 0 Å². The predicted octanol–water partition coefficient (Wildman–Crippen LogP) is 3.06. The molecule has 0 bridgehead atoms. The first-order chi connectivity index (χ1) is 9.75. The van der Waals surface area contributed by atoms with Crippen LogP contribution >= 0.6 is 0 Å². The summed E-state index contributed by atoms with van der Waals surface area (Å²) in [5, 5.41) is 3.13. The fourth-order valence-corrected chi connectivity index (χ4v) is 1.80. The largest absolute Gasteiger partial charge is 0.315 e. The Bertz CT molecular complexity index is 462. The van der Waals surface area contributed by atoms with Crippen LogP contribution in [0.3, 0.4) is 0 Å². The molecule has 0 saturated carbocycles. The van der Waals surface area contributed by atoms with Gasteiger partial charge in [-0.25, -0.2) is 22.0 Å². The van der Waals surface area contributed by atoms with E-state index >= 15 is 0 Å². The maximum atomic E-state index is 13.5. The molecule has 1 aromatic rings. The van der Waals surface area contributed by atoms with Crippen LogP contribution < -0.4 is 5.32 Å². The summed E-state index contributed by atoms with van der Waals surface area (Å²) in [4.78, 5) is 1.49. The lowest BCUT2D eigenvalue weighted by molar-refractivity contribution is 0.297. The molecule has 1 rings (SSSR count). The van der Waals surface area contributed by atoms with Gasteiger partial charge in [-0.1, -0.05) is 13.8 Å². The third-order valence-electron chi connectivity index (χ3n) is 2.95. The Kier molecular flexibility index (Phi) is 6.54. The molecule has 0 aromatic heterocycles. The molecule has 0 unspecified atom stereocenters. The van der Waals surface area contributed by atoms with Crippen LogP contribution in [0.1, 0.15) is 19.4 Å². The van der Waals surface area contributed by atoms with Gasteiger partial charge >= 0.3 is 0 Å². The topological polar surface area (TPSA) is 15.3 Å². The number of likely N-dealkylation sites (N-methyl/N-ethyl adjacent to an activating group) is 1. The molecule has 0 radical (unpaired) electrons. The molecule has 1 aromatic carbocycles. The first kappa shape index (κ1) is 17.8. The predicted molar refractivity (Wildman–Crippen MR) is 70.3 cm³/mol. The van der Waals surface area contributed by atoms with Crippen molar-refractivity contribution in [2.45, 2.75) is 20.4 Å². The third kappa shape index (κ3) is 4.64. The Hall–Kier alpha value is -1.21. The van der Waals surface area contributed by atoms with Crippen LogP contribution in [0, 0.1) is 35.0 Å². The molecular formula is C14H19F5N2. The van der Waals surface area contributed by atoms with E-state index in [-0.39, 0.29) is 6.54 Å². The Morgan fingerprint density at radius 1 is 0.905 bits per heavy atom. The zero-order valence-electron chi connectivity index (χ0n) is 12.2. The number of hydrogen-bond donors (Lipinski definition) is 1.